The summed E-state index contributed by atoms with van der Waals surface area (Å²) in [5.41, 5.74) is 3.61. The minimum Gasteiger partial charge on any atom is -0.457 e. The highest BCUT2D eigenvalue weighted by Gasteiger charge is 2.20. The molecule has 0 aromatic heterocycles. The van der Waals surface area contributed by atoms with Crippen LogP contribution in [0.1, 0.15) is 29.5 Å². The van der Waals surface area contributed by atoms with Gasteiger partial charge in [0.1, 0.15) is 11.5 Å². The van der Waals surface area contributed by atoms with Gasteiger partial charge in [-0.2, -0.15) is 0 Å². The standard InChI is InChI=1S/C18H20BrNO/c1-12-3-7-17(13(2)9-12)21-18-8-4-15(19)10-14(18)11-20-16-5-6-16/h3-4,7-10,16,20H,5-6,11H2,1-2H3. The molecule has 1 saturated carbocycles. The van der Waals surface area contributed by atoms with E-state index in [0.717, 1.165) is 22.5 Å². The molecule has 2 nitrogen and oxygen atoms in total. The normalized spacial score (nSPS) is 14.2. The maximum absolute atomic E-state index is 6.14. The van der Waals surface area contributed by atoms with E-state index in [1.807, 2.05) is 18.2 Å². The second-order valence-corrected chi connectivity index (χ2v) is 6.69. The highest BCUT2D eigenvalue weighted by molar-refractivity contribution is 9.10. The van der Waals surface area contributed by atoms with Crippen molar-refractivity contribution in [1.82, 2.24) is 5.32 Å². The molecule has 3 heteroatoms. The summed E-state index contributed by atoms with van der Waals surface area (Å²) in [4.78, 5) is 0. The molecule has 2 aromatic carbocycles. The lowest BCUT2D eigenvalue weighted by Gasteiger charge is -2.14. The van der Waals surface area contributed by atoms with Crippen LogP contribution in [0, 0.1) is 13.8 Å². The highest BCUT2D eigenvalue weighted by atomic mass is 79.9. The van der Waals surface area contributed by atoms with Crippen LogP contribution in [-0.2, 0) is 6.54 Å². The lowest BCUT2D eigenvalue weighted by Crippen LogP contribution is -2.15. The number of benzene rings is 2. The van der Waals surface area contributed by atoms with Gasteiger partial charge in [0.25, 0.3) is 0 Å². The molecule has 1 N–H and O–H groups in total. The van der Waals surface area contributed by atoms with E-state index in [9.17, 15) is 0 Å². The lowest BCUT2D eigenvalue weighted by molar-refractivity contribution is 0.468. The van der Waals surface area contributed by atoms with Gasteiger partial charge in [-0.25, -0.2) is 0 Å². The van der Waals surface area contributed by atoms with Gasteiger partial charge < -0.3 is 10.1 Å². The maximum Gasteiger partial charge on any atom is 0.132 e. The third kappa shape index (κ3) is 3.86. The fourth-order valence-corrected chi connectivity index (χ4v) is 2.77. The van der Waals surface area contributed by atoms with Crippen molar-refractivity contribution < 1.29 is 4.74 Å². The molecule has 0 unspecified atom stereocenters. The fraction of sp³-hybridized carbons (Fsp3) is 0.333. The van der Waals surface area contributed by atoms with Crippen molar-refractivity contribution >= 4 is 15.9 Å². The Morgan fingerprint density at radius 3 is 2.57 bits per heavy atom. The van der Waals surface area contributed by atoms with Gasteiger partial charge in [-0.3, -0.25) is 0 Å². The van der Waals surface area contributed by atoms with Crippen molar-refractivity contribution in [1.29, 1.82) is 0 Å². The van der Waals surface area contributed by atoms with E-state index in [-0.39, 0.29) is 0 Å². The first-order valence-corrected chi connectivity index (χ1v) is 8.18. The largest absolute Gasteiger partial charge is 0.457 e. The summed E-state index contributed by atoms with van der Waals surface area (Å²) >= 11 is 3.55. The Bertz CT molecular complexity index is 650. The smallest absolute Gasteiger partial charge is 0.132 e. The Hall–Kier alpha value is -1.32. The molecule has 0 radical (unpaired) electrons. The zero-order valence-electron chi connectivity index (χ0n) is 12.4. The Morgan fingerprint density at radius 2 is 1.86 bits per heavy atom. The van der Waals surface area contributed by atoms with Crippen molar-refractivity contribution in [3.8, 4) is 11.5 Å². The Kier molecular flexibility index (Phi) is 4.32. The van der Waals surface area contributed by atoms with E-state index in [4.69, 9.17) is 4.74 Å². The summed E-state index contributed by atoms with van der Waals surface area (Å²) in [5.74, 6) is 1.86. The third-order valence-corrected chi connectivity index (χ3v) is 4.22. The minimum absolute atomic E-state index is 0.693. The number of ether oxygens (including phenoxy) is 1. The maximum atomic E-state index is 6.14. The predicted octanol–water partition coefficient (Wildman–Crippen LogP) is 5.11. The summed E-state index contributed by atoms with van der Waals surface area (Å²) in [6, 6.07) is 13.2. The number of hydrogen-bond acceptors (Lipinski definition) is 2. The summed E-state index contributed by atoms with van der Waals surface area (Å²) in [5, 5.41) is 3.55. The van der Waals surface area contributed by atoms with Crippen LogP contribution in [0.25, 0.3) is 0 Å². The van der Waals surface area contributed by atoms with E-state index in [1.54, 1.807) is 0 Å². The van der Waals surface area contributed by atoms with Crippen LogP contribution in [0.15, 0.2) is 40.9 Å². The molecule has 1 aliphatic carbocycles. The number of hydrogen-bond donors (Lipinski definition) is 1. The molecule has 0 spiro atoms. The SMILES string of the molecule is Cc1ccc(Oc2ccc(Br)cc2CNC2CC2)c(C)c1. The van der Waals surface area contributed by atoms with Crippen LogP contribution in [0.2, 0.25) is 0 Å². The van der Waals surface area contributed by atoms with Crippen molar-refractivity contribution in [2.24, 2.45) is 0 Å². The Morgan fingerprint density at radius 1 is 1.10 bits per heavy atom. The molecule has 0 heterocycles. The molecule has 0 saturated heterocycles. The van der Waals surface area contributed by atoms with Gasteiger partial charge in [-0.15, -0.1) is 0 Å². The Balaban J connectivity index is 1.82. The predicted molar refractivity (Wildman–Crippen MR) is 90.0 cm³/mol. The molecule has 110 valence electrons. The second-order valence-electron chi connectivity index (χ2n) is 5.78. The quantitative estimate of drug-likeness (QED) is 0.812. The van der Waals surface area contributed by atoms with Crippen LogP contribution in [0.5, 0.6) is 11.5 Å². The van der Waals surface area contributed by atoms with Gasteiger partial charge in [0.05, 0.1) is 0 Å². The van der Waals surface area contributed by atoms with Gasteiger partial charge in [-0.1, -0.05) is 33.6 Å². The molecule has 0 aliphatic heterocycles. The van der Waals surface area contributed by atoms with Crippen LogP contribution in [0.3, 0.4) is 0 Å². The average Bonchev–Trinajstić information content (AvgIpc) is 3.26. The molecule has 0 amide bonds. The molecule has 1 aliphatic rings. The van der Waals surface area contributed by atoms with Gasteiger partial charge in [0.2, 0.25) is 0 Å². The summed E-state index contributed by atoms with van der Waals surface area (Å²) in [6.45, 7) is 5.04. The first-order valence-electron chi connectivity index (χ1n) is 7.39. The lowest BCUT2D eigenvalue weighted by atomic mass is 10.1. The van der Waals surface area contributed by atoms with E-state index in [1.165, 1.54) is 29.5 Å². The molecule has 0 bridgehead atoms. The van der Waals surface area contributed by atoms with Gasteiger partial charge in [-0.05, 0) is 56.5 Å². The van der Waals surface area contributed by atoms with Crippen molar-refractivity contribution in [3.05, 3.63) is 57.6 Å². The second kappa shape index (κ2) is 6.20. The molecule has 21 heavy (non-hydrogen) atoms. The molecular formula is C18H20BrNO. The molecule has 0 atom stereocenters. The van der Waals surface area contributed by atoms with Crippen LogP contribution >= 0.6 is 15.9 Å². The summed E-state index contributed by atoms with van der Waals surface area (Å²) < 4.78 is 7.23. The Labute approximate surface area is 134 Å². The first-order chi connectivity index (χ1) is 10.1. The molecular weight excluding hydrogens is 326 g/mol. The van der Waals surface area contributed by atoms with Gasteiger partial charge >= 0.3 is 0 Å². The molecule has 2 aromatic rings. The van der Waals surface area contributed by atoms with E-state index >= 15 is 0 Å². The highest BCUT2D eigenvalue weighted by Crippen LogP contribution is 2.31. The monoisotopic (exact) mass is 345 g/mol. The van der Waals surface area contributed by atoms with Crippen molar-refractivity contribution in [3.63, 3.8) is 0 Å². The zero-order chi connectivity index (χ0) is 14.8. The van der Waals surface area contributed by atoms with Crippen molar-refractivity contribution in [2.75, 3.05) is 0 Å². The number of nitrogens with one attached hydrogen (secondary N) is 1. The average molecular weight is 346 g/mol. The van der Waals surface area contributed by atoms with Crippen molar-refractivity contribution in [2.45, 2.75) is 39.3 Å². The molecule has 3 rings (SSSR count). The third-order valence-electron chi connectivity index (χ3n) is 3.73. The zero-order valence-corrected chi connectivity index (χ0v) is 14.0. The number of rotatable bonds is 5. The van der Waals surface area contributed by atoms with E-state index in [0.29, 0.717) is 6.04 Å². The van der Waals surface area contributed by atoms with Crippen LogP contribution in [0.4, 0.5) is 0 Å². The van der Waals surface area contributed by atoms with E-state index < -0.39 is 0 Å². The van der Waals surface area contributed by atoms with Gasteiger partial charge in [0.15, 0.2) is 0 Å². The first kappa shape index (κ1) is 14.6. The topological polar surface area (TPSA) is 21.3 Å². The summed E-state index contributed by atoms with van der Waals surface area (Å²) in [7, 11) is 0. The fourth-order valence-electron chi connectivity index (χ4n) is 2.36. The van der Waals surface area contributed by atoms with Gasteiger partial charge in [0, 0.05) is 22.6 Å². The number of halogens is 1. The molecule has 1 fully saturated rings. The number of aryl methyl sites for hydroxylation is 2. The van der Waals surface area contributed by atoms with Crippen LogP contribution < -0.4 is 10.1 Å². The van der Waals surface area contributed by atoms with Crippen LogP contribution in [-0.4, -0.2) is 6.04 Å². The summed E-state index contributed by atoms with van der Waals surface area (Å²) in [6.07, 6.45) is 2.59. The minimum atomic E-state index is 0.693. The van der Waals surface area contributed by atoms with E-state index in [2.05, 4.69) is 53.3 Å².